The van der Waals surface area contributed by atoms with Gasteiger partial charge in [0.1, 0.15) is 4.90 Å². The van der Waals surface area contributed by atoms with E-state index in [1.54, 1.807) is 0 Å². The average molecular weight is 266 g/mol. The second kappa shape index (κ2) is 5.16. The lowest BCUT2D eigenvalue weighted by Crippen LogP contribution is -2.48. The minimum absolute atomic E-state index is 0.129. The number of rotatable bonds is 6. The molecule has 0 unspecified atom stereocenters. The number of aromatic nitrogens is 2. The van der Waals surface area contributed by atoms with Gasteiger partial charge >= 0.3 is 0 Å². The minimum atomic E-state index is -3.54. The van der Waals surface area contributed by atoms with Gasteiger partial charge in [-0.05, 0) is 12.8 Å². The summed E-state index contributed by atoms with van der Waals surface area (Å²) in [5, 5.41) is 6.09. The van der Waals surface area contributed by atoms with Crippen molar-refractivity contribution in [2.24, 2.45) is 0 Å². The average Bonchev–Trinajstić information content (AvgIpc) is 2.80. The third-order valence-corrected chi connectivity index (χ3v) is 4.80. The first-order valence-corrected chi connectivity index (χ1v) is 7.10. The van der Waals surface area contributed by atoms with Gasteiger partial charge < -0.3 is 0 Å². The Morgan fingerprint density at radius 2 is 2.12 bits per heavy atom. The Kier molecular flexibility index (Phi) is 4.35. The number of hydrogen-bond acceptors (Lipinski definition) is 3. The fraction of sp³-hybridized carbons (Fsp3) is 0.667. The van der Waals surface area contributed by atoms with Crippen LogP contribution in [0.1, 0.15) is 26.7 Å². The Labute approximate surface area is 101 Å². The standard InChI is InChI=1S/C9H16ClN3O2S/c1-3-9(4-2,7-10)13-16(14,15)8-5-11-12-6-8/h5-6,13H,3-4,7H2,1-2H3,(H,11,12). The number of nitrogens with zero attached hydrogens (tertiary/aromatic N) is 1. The van der Waals surface area contributed by atoms with E-state index in [1.807, 2.05) is 13.8 Å². The van der Waals surface area contributed by atoms with Crippen LogP contribution in [0.2, 0.25) is 0 Å². The number of halogens is 1. The molecule has 0 radical (unpaired) electrons. The molecule has 5 nitrogen and oxygen atoms in total. The normalized spacial score (nSPS) is 12.9. The zero-order chi connectivity index (χ0) is 12.2. The van der Waals surface area contributed by atoms with Crippen LogP contribution in [0.25, 0.3) is 0 Å². The molecule has 0 bridgehead atoms. The zero-order valence-electron chi connectivity index (χ0n) is 9.33. The molecule has 0 atom stereocenters. The number of aromatic amines is 1. The largest absolute Gasteiger partial charge is 0.284 e. The van der Waals surface area contributed by atoms with E-state index in [2.05, 4.69) is 14.9 Å². The van der Waals surface area contributed by atoms with E-state index in [0.29, 0.717) is 12.8 Å². The molecule has 1 aromatic rings. The highest BCUT2D eigenvalue weighted by atomic mass is 35.5. The summed E-state index contributed by atoms with van der Waals surface area (Å²) in [5.41, 5.74) is -0.586. The maximum Gasteiger partial charge on any atom is 0.244 e. The third kappa shape index (κ3) is 2.75. The highest BCUT2D eigenvalue weighted by Crippen LogP contribution is 2.20. The van der Waals surface area contributed by atoms with Crippen molar-refractivity contribution in [1.82, 2.24) is 14.9 Å². The van der Waals surface area contributed by atoms with Crippen LogP contribution in [0.4, 0.5) is 0 Å². The topological polar surface area (TPSA) is 74.8 Å². The smallest absolute Gasteiger partial charge is 0.244 e. The van der Waals surface area contributed by atoms with Crippen molar-refractivity contribution in [2.45, 2.75) is 37.1 Å². The van der Waals surface area contributed by atoms with Crippen LogP contribution in [-0.4, -0.2) is 30.0 Å². The summed E-state index contributed by atoms with van der Waals surface area (Å²) < 4.78 is 26.6. The first kappa shape index (κ1) is 13.5. The molecule has 0 aliphatic carbocycles. The highest BCUT2D eigenvalue weighted by molar-refractivity contribution is 7.89. The maximum atomic E-state index is 12.0. The monoisotopic (exact) mass is 265 g/mol. The molecule has 0 saturated heterocycles. The summed E-state index contributed by atoms with van der Waals surface area (Å²) in [6.45, 7) is 3.81. The van der Waals surface area contributed by atoms with Crippen molar-refractivity contribution in [3.8, 4) is 0 Å². The van der Waals surface area contributed by atoms with Crippen LogP contribution < -0.4 is 4.72 Å². The van der Waals surface area contributed by atoms with Crippen LogP contribution >= 0.6 is 11.6 Å². The number of H-pyrrole nitrogens is 1. The maximum absolute atomic E-state index is 12.0. The van der Waals surface area contributed by atoms with Gasteiger partial charge in [-0.15, -0.1) is 11.6 Å². The van der Waals surface area contributed by atoms with E-state index >= 15 is 0 Å². The summed E-state index contributed by atoms with van der Waals surface area (Å²) in [6.07, 6.45) is 3.90. The van der Waals surface area contributed by atoms with Gasteiger partial charge in [-0.1, -0.05) is 13.8 Å². The van der Waals surface area contributed by atoms with E-state index in [4.69, 9.17) is 11.6 Å². The second-order valence-corrected chi connectivity index (χ2v) is 5.61. The van der Waals surface area contributed by atoms with Crippen molar-refractivity contribution in [2.75, 3.05) is 5.88 Å². The Morgan fingerprint density at radius 3 is 2.50 bits per heavy atom. The van der Waals surface area contributed by atoms with Crippen LogP contribution in [0.15, 0.2) is 17.3 Å². The molecule has 92 valence electrons. The highest BCUT2D eigenvalue weighted by Gasteiger charge is 2.31. The summed E-state index contributed by atoms with van der Waals surface area (Å²) in [6, 6.07) is 0. The molecule has 1 rings (SSSR count). The third-order valence-electron chi connectivity index (χ3n) is 2.74. The molecule has 0 amide bonds. The number of hydrogen-bond donors (Lipinski definition) is 2. The lowest BCUT2D eigenvalue weighted by Gasteiger charge is -2.29. The van der Waals surface area contributed by atoms with Crippen LogP contribution in [0.3, 0.4) is 0 Å². The molecule has 0 aliphatic rings. The molecule has 7 heteroatoms. The Morgan fingerprint density at radius 1 is 1.50 bits per heavy atom. The predicted molar refractivity (Wildman–Crippen MR) is 62.9 cm³/mol. The van der Waals surface area contributed by atoms with E-state index in [1.165, 1.54) is 12.4 Å². The summed E-state index contributed by atoms with van der Waals surface area (Å²) >= 11 is 5.84. The molecule has 0 aliphatic heterocycles. The fourth-order valence-corrected chi connectivity index (χ4v) is 3.31. The van der Waals surface area contributed by atoms with Gasteiger partial charge in [-0.2, -0.15) is 5.10 Å². The van der Waals surface area contributed by atoms with E-state index in [-0.39, 0.29) is 10.8 Å². The van der Waals surface area contributed by atoms with Gasteiger partial charge in [0.2, 0.25) is 10.0 Å². The Bertz CT molecular complexity index is 404. The molecule has 1 aromatic heterocycles. The summed E-state index contributed by atoms with van der Waals surface area (Å²) in [5.74, 6) is 0.247. The molecule has 2 N–H and O–H groups in total. The van der Waals surface area contributed by atoms with Crippen molar-refractivity contribution >= 4 is 21.6 Å². The van der Waals surface area contributed by atoms with Gasteiger partial charge in [-0.25, -0.2) is 13.1 Å². The molecular weight excluding hydrogens is 250 g/mol. The number of sulfonamides is 1. The SMILES string of the molecule is CCC(CC)(CCl)NS(=O)(=O)c1cn[nH]c1. The zero-order valence-corrected chi connectivity index (χ0v) is 10.9. The molecule has 0 spiro atoms. The van der Waals surface area contributed by atoms with Crippen molar-refractivity contribution in [3.63, 3.8) is 0 Å². The second-order valence-electron chi connectivity index (χ2n) is 3.66. The lowest BCUT2D eigenvalue weighted by molar-refractivity contribution is 0.394. The van der Waals surface area contributed by atoms with Crippen molar-refractivity contribution in [3.05, 3.63) is 12.4 Å². The summed E-state index contributed by atoms with van der Waals surface area (Å²) in [7, 11) is -3.54. The molecule has 0 fully saturated rings. The lowest BCUT2D eigenvalue weighted by atomic mass is 9.97. The fourth-order valence-electron chi connectivity index (χ4n) is 1.34. The van der Waals surface area contributed by atoms with Gasteiger partial charge in [0.25, 0.3) is 0 Å². The van der Waals surface area contributed by atoms with Crippen LogP contribution in [0, 0.1) is 0 Å². The molecule has 1 heterocycles. The van der Waals surface area contributed by atoms with E-state index in [9.17, 15) is 8.42 Å². The van der Waals surface area contributed by atoms with E-state index < -0.39 is 15.6 Å². The predicted octanol–water partition coefficient (Wildman–Crippen LogP) is 1.49. The molecule has 16 heavy (non-hydrogen) atoms. The Balaban J connectivity index is 2.96. The summed E-state index contributed by atoms with van der Waals surface area (Å²) in [4.78, 5) is 0.129. The van der Waals surface area contributed by atoms with Gasteiger partial charge in [0.15, 0.2) is 0 Å². The molecular formula is C9H16ClN3O2S. The van der Waals surface area contributed by atoms with Crippen molar-refractivity contribution in [1.29, 1.82) is 0 Å². The van der Waals surface area contributed by atoms with Crippen molar-refractivity contribution < 1.29 is 8.42 Å². The number of alkyl halides is 1. The van der Waals surface area contributed by atoms with Gasteiger partial charge in [0.05, 0.1) is 6.20 Å². The van der Waals surface area contributed by atoms with Gasteiger partial charge in [0, 0.05) is 17.6 Å². The molecule has 0 aromatic carbocycles. The van der Waals surface area contributed by atoms with Gasteiger partial charge in [-0.3, -0.25) is 5.10 Å². The van der Waals surface area contributed by atoms with E-state index in [0.717, 1.165) is 0 Å². The first-order valence-electron chi connectivity index (χ1n) is 5.08. The van der Waals surface area contributed by atoms with Crippen LogP contribution in [-0.2, 0) is 10.0 Å². The van der Waals surface area contributed by atoms with Crippen LogP contribution in [0.5, 0.6) is 0 Å². The first-order chi connectivity index (χ1) is 7.49. The number of nitrogens with one attached hydrogen (secondary N) is 2. The Hall–Kier alpha value is -0.590. The quantitative estimate of drug-likeness (QED) is 0.765. The molecule has 0 saturated carbocycles. The minimum Gasteiger partial charge on any atom is -0.284 e.